The zero-order chi connectivity index (χ0) is 8.34. The van der Waals surface area contributed by atoms with E-state index in [4.69, 9.17) is 0 Å². The molecule has 4 aliphatic carbocycles. The Balaban J connectivity index is 1.96. The monoisotopic (exact) mass is 156 g/mol. The van der Waals surface area contributed by atoms with Crippen LogP contribution in [0.3, 0.4) is 0 Å². The van der Waals surface area contributed by atoms with Gasteiger partial charge in [-0.15, -0.1) is 0 Å². The summed E-state index contributed by atoms with van der Waals surface area (Å²) in [5.74, 6) is 4.46. The van der Waals surface area contributed by atoms with Crippen LogP contribution in [0.4, 0.5) is 0 Å². The molecule has 4 bridgehead atoms. The topological polar surface area (TPSA) is 0 Å². The Morgan fingerprint density at radius 3 is 1.75 bits per heavy atom. The number of hydrogen-bond acceptors (Lipinski definition) is 0. The van der Waals surface area contributed by atoms with Gasteiger partial charge in [-0.1, -0.05) is 0 Å². The molecule has 0 nitrogen and oxygen atoms in total. The molecule has 0 N–H and O–H groups in total. The molecule has 0 heterocycles. The van der Waals surface area contributed by atoms with Crippen LogP contribution in [-0.4, -0.2) is 17.7 Å². The van der Waals surface area contributed by atoms with Gasteiger partial charge in [-0.2, -0.15) is 0 Å². The van der Waals surface area contributed by atoms with Gasteiger partial charge in [0.15, 0.2) is 0 Å². The van der Waals surface area contributed by atoms with Crippen LogP contribution in [0.15, 0.2) is 0 Å². The Bertz CT molecular complexity index is 177. The van der Waals surface area contributed by atoms with Gasteiger partial charge in [0.25, 0.3) is 0 Å². The first-order chi connectivity index (χ1) is 5.66. The SMILES string of the molecule is [Li][C]1(C)C2CC3CC(C2)CC1C3. The molecule has 0 aromatic rings. The van der Waals surface area contributed by atoms with E-state index in [2.05, 4.69) is 24.6 Å². The van der Waals surface area contributed by atoms with Crippen LogP contribution in [0.1, 0.15) is 39.0 Å². The fourth-order valence-electron chi connectivity index (χ4n) is 4.40. The summed E-state index contributed by atoms with van der Waals surface area (Å²) in [7, 11) is 0. The first-order valence-electron chi connectivity index (χ1n) is 5.66. The third kappa shape index (κ3) is 0.919. The second kappa shape index (κ2) is 2.34. The van der Waals surface area contributed by atoms with Crippen molar-refractivity contribution in [1.82, 2.24) is 0 Å². The van der Waals surface area contributed by atoms with Gasteiger partial charge in [0.05, 0.1) is 0 Å². The summed E-state index contributed by atoms with van der Waals surface area (Å²) in [6, 6.07) is 0. The first kappa shape index (κ1) is 7.95. The molecule has 0 atom stereocenters. The van der Waals surface area contributed by atoms with E-state index < -0.39 is 0 Å². The summed E-state index contributed by atoms with van der Waals surface area (Å²) in [5.41, 5.74) is 0. The minimum atomic E-state index is 0.702. The minimum absolute atomic E-state index is 0.702. The zero-order valence-electron chi connectivity index (χ0n) is 8.34. The Labute approximate surface area is 84.7 Å². The van der Waals surface area contributed by atoms with E-state index in [1.807, 2.05) is 0 Å². The van der Waals surface area contributed by atoms with Gasteiger partial charge in [0.2, 0.25) is 0 Å². The van der Waals surface area contributed by atoms with E-state index in [0.717, 1.165) is 23.7 Å². The van der Waals surface area contributed by atoms with Crippen LogP contribution in [0.25, 0.3) is 0 Å². The van der Waals surface area contributed by atoms with Crippen molar-refractivity contribution in [3.63, 3.8) is 0 Å². The summed E-state index contributed by atoms with van der Waals surface area (Å²) in [4.78, 5) is 0. The van der Waals surface area contributed by atoms with E-state index in [1.165, 1.54) is 0 Å². The molecule has 0 spiro atoms. The van der Waals surface area contributed by atoms with Gasteiger partial charge in [0.1, 0.15) is 0 Å². The molecule has 0 aromatic carbocycles. The summed E-state index contributed by atoms with van der Waals surface area (Å²) < 4.78 is 0.702. The van der Waals surface area contributed by atoms with Gasteiger partial charge >= 0.3 is 84.5 Å². The fraction of sp³-hybridized carbons (Fsp3) is 1.00. The second-order valence-electron chi connectivity index (χ2n) is 6.13. The van der Waals surface area contributed by atoms with Crippen molar-refractivity contribution < 1.29 is 0 Å². The Hall–Kier alpha value is 0.597. The molecule has 0 aromatic heterocycles. The fourth-order valence-corrected chi connectivity index (χ4v) is 4.40. The summed E-state index contributed by atoms with van der Waals surface area (Å²) in [6.07, 6.45) is 7.86. The quantitative estimate of drug-likeness (QED) is 0.473. The van der Waals surface area contributed by atoms with Crippen molar-refractivity contribution in [3.05, 3.63) is 0 Å². The molecule has 0 saturated heterocycles. The molecule has 0 aliphatic heterocycles. The van der Waals surface area contributed by atoms with Crippen molar-refractivity contribution in [2.75, 3.05) is 0 Å². The van der Waals surface area contributed by atoms with Crippen molar-refractivity contribution >= 4 is 17.7 Å². The van der Waals surface area contributed by atoms with Crippen molar-refractivity contribution in [3.8, 4) is 0 Å². The van der Waals surface area contributed by atoms with Gasteiger partial charge in [-0.25, -0.2) is 0 Å². The van der Waals surface area contributed by atoms with Crippen LogP contribution >= 0.6 is 0 Å². The predicted octanol–water partition coefficient (Wildman–Crippen LogP) is 2.79. The second-order valence-corrected chi connectivity index (χ2v) is 6.13. The van der Waals surface area contributed by atoms with Gasteiger partial charge in [-0.05, 0) is 0 Å². The zero-order valence-corrected chi connectivity index (χ0v) is 8.34. The maximum absolute atomic E-state index is 2.53. The Morgan fingerprint density at radius 1 is 0.917 bits per heavy atom. The van der Waals surface area contributed by atoms with Gasteiger partial charge < -0.3 is 0 Å². The molecular formula is C11H17Li. The Kier molecular flexibility index (Phi) is 1.55. The standard InChI is InChI=1S/C11H17.Li/c1-7-10-3-8-2-9(5-10)6-11(7)4-8;/h8-11H,2-6H2,1H3;. The van der Waals surface area contributed by atoms with E-state index >= 15 is 0 Å². The van der Waals surface area contributed by atoms with Crippen LogP contribution in [0, 0.1) is 23.7 Å². The maximum atomic E-state index is 2.53. The average Bonchev–Trinajstić information content (AvgIpc) is 1.99. The molecule has 4 fully saturated rings. The Morgan fingerprint density at radius 2 is 1.33 bits per heavy atom. The molecule has 0 amide bonds. The van der Waals surface area contributed by atoms with Crippen molar-refractivity contribution in [2.45, 2.75) is 43.1 Å². The average molecular weight is 156 g/mol. The van der Waals surface area contributed by atoms with E-state index in [-0.39, 0.29) is 0 Å². The van der Waals surface area contributed by atoms with E-state index in [9.17, 15) is 0 Å². The molecular weight excluding hydrogens is 139 g/mol. The van der Waals surface area contributed by atoms with Crippen LogP contribution in [0.5, 0.6) is 0 Å². The van der Waals surface area contributed by atoms with E-state index in [0.29, 0.717) is 4.09 Å². The third-order valence-electron chi connectivity index (χ3n) is 5.24. The third-order valence-corrected chi connectivity index (χ3v) is 5.24. The molecule has 1 heteroatoms. The first-order valence-corrected chi connectivity index (χ1v) is 5.66. The molecule has 62 valence electrons. The normalized spacial score (nSPS) is 62.6. The van der Waals surface area contributed by atoms with E-state index in [1.54, 1.807) is 32.1 Å². The molecule has 4 rings (SSSR count). The summed E-state index contributed by atoms with van der Waals surface area (Å²) in [6.45, 7) is 2.53. The van der Waals surface area contributed by atoms with Gasteiger partial charge in [0, 0.05) is 0 Å². The van der Waals surface area contributed by atoms with Gasteiger partial charge in [-0.3, -0.25) is 0 Å². The molecule has 4 saturated carbocycles. The molecule has 4 aliphatic rings. The predicted molar refractivity (Wildman–Crippen MR) is 51.2 cm³/mol. The summed E-state index contributed by atoms with van der Waals surface area (Å²) >= 11 is 2.53. The van der Waals surface area contributed by atoms with Crippen molar-refractivity contribution in [1.29, 1.82) is 0 Å². The molecule has 12 heavy (non-hydrogen) atoms. The van der Waals surface area contributed by atoms with Crippen molar-refractivity contribution in [2.24, 2.45) is 23.7 Å². The summed E-state index contributed by atoms with van der Waals surface area (Å²) in [5, 5.41) is 0. The molecule has 0 radical (unpaired) electrons. The van der Waals surface area contributed by atoms with Crippen LogP contribution in [0.2, 0.25) is 4.09 Å². The van der Waals surface area contributed by atoms with Crippen LogP contribution < -0.4 is 0 Å². The molecule has 0 unspecified atom stereocenters. The number of rotatable bonds is 0. The number of hydrogen-bond donors (Lipinski definition) is 0. The van der Waals surface area contributed by atoms with Crippen LogP contribution in [-0.2, 0) is 0 Å².